The zero-order valence-corrected chi connectivity index (χ0v) is 17.2. The summed E-state index contributed by atoms with van der Waals surface area (Å²) < 4.78 is 24.8. The molecule has 0 saturated carbocycles. The van der Waals surface area contributed by atoms with E-state index in [0.29, 0.717) is 28.2 Å². The maximum absolute atomic E-state index is 13.3. The molecule has 1 unspecified atom stereocenters. The van der Waals surface area contributed by atoms with Gasteiger partial charge in [-0.2, -0.15) is 0 Å². The number of nitrogens with one attached hydrogen (secondary N) is 2. The standard InChI is InChI=1S/C20H18ClFN2O4S/c1-3-27-13-5-7-14(8-6-13)28-11(2)19(25)23-24-20(26)18-17(21)15-9-4-12(22)10-16(15)29-18/h4-11H,3H2,1-2H3,(H,23,25)(H,24,26). The Morgan fingerprint density at radius 1 is 1.14 bits per heavy atom. The van der Waals surface area contributed by atoms with Crippen LogP contribution in [0, 0.1) is 5.82 Å². The lowest BCUT2D eigenvalue weighted by molar-refractivity contribution is -0.128. The maximum atomic E-state index is 13.3. The summed E-state index contributed by atoms with van der Waals surface area (Å²) in [5.41, 5.74) is 4.60. The second-order valence-electron chi connectivity index (χ2n) is 5.99. The zero-order valence-electron chi connectivity index (χ0n) is 15.6. The van der Waals surface area contributed by atoms with Crippen molar-refractivity contribution < 1.29 is 23.5 Å². The van der Waals surface area contributed by atoms with Crippen molar-refractivity contribution in [3.05, 3.63) is 58.2 Å². The second-order valence-corrected chi connectivity index (χ2v) is 7.42. The average molecular weight is 437 g/mol. The van der Waals surface area contributed by atoms with Gasteiger partial charge >= 0.3 is 0 Å². The predicted octanol–water partition coefficient (Wildman–Crippen LogP) is 4.32. The molecule has 152 valence electrons. The second kappa shape index (κ2) is 9.11. The van der Waals surface area contributed by atoms with Crippen molar-refractivity contribution in [2.24, 2.45) is 0 Å². The van der Waals surface area contributed by atoms with Crippen LogP contribution in [0.5, 0.6) is 11.5 Å². The van der Waals surface area contributed by atoms with Crippen LogP contribution in [0.25, 0.3) is 10.1 Å². The molecular formula is C20H18ClFN2O4S. The molecule has 0 aliphatic carbocycles. The number of fused-ring (bicyclic) bond motifs is 1. The van der Waals surface area contributed by atoms with Crippen LogP contribution >= 0.6 is 22.9 Å². The first-order chi connectivity index (χ1) is 13.9. The van der Waals surface area contributed by atoms with E-state index in [2.05, 4.69) is 10.9 Å². The molecule has 1 atom stereocenters. The summed E-state index contributed by atoms with van der Waals surface area (Å²) in [4.78, 5) is 24.7. The van der Waals surface area contributed by atoms with Crippen LogP contribution in [-0.4, -0.2) is 24.5 Å². The Bertz CT molecular complexity index is 1040. The first kappa shape index (κ1) is 20.9. The highest BCUT2D eigenvalue weighted by molar-refractivity contribution is 7.21. The summed E-state index contributed by atoms with van der Waals surface area (Å²) in [6.07, 6.45) is -0.861. The minimum absolute atomic E-state index is 0.174. The van der Waals surface area contributed by atoms with Gasteiger partial charge in [0.25, 0.3) is 11.8 Å². The highest BCUT2D eigenvalue weighted by Gasteiger charge is 2.20. The van der Waals surface area contributed by atoms with Crippen molar-refractivity contribution in [2.75, 3.05) is 6.61 Å². The fraction of sp³-hybridized carbons (Fsp3) is 0.200. The lowest BCUT2D eigenvalue weighted by Gasteiger charge is -2.15. The largest absolute Gasteiger partial charge is 0.494 e. The fourth-order valence-electron chi connectivity index (χ4n) is 2.50. The Kier molecular flexibility index (Phi) is 6.56. The third-order valence-electron chi connectivity index (χ3n) is 3.91. The lowest BCUT2D eigenvalue weighted by atomic mass is 10.2. The van der Waals surface area contributed by atoms with Crippen molar-refractivity contribution in [1.29, 1.82) is 0 Å². The number of hydrogen-bond donors (Lipinski definition) is 2. The van der Waals surface area contributed by atoms with E-state index in [9.17, 15) is 14.0 Å². The molecule has 1 aromatic heterocycles. The van der Waals surface area contributed by atoms with Gasteiger partial charge in [-0.15, -0.1) is 11.3 Å². The van der Waals surface area contributed by atoms with Gasteiger partial charge in [-0.1, -0.05) is 11.6 Å². The van der Waals surface area contributed by atoms with E-state index in [0.717, 1.165) is 11.3 Å². The molecule has 0 saturated heterocycles. The lowest BCUT2D eigenvalue weighted by Crippen LogP contribution is -2.47. The van der Waals surface area contributed by atoms with E-state index in [4.69, 9.17) is 21.1 Å². The van der Waals surface area contributed by atoms with Crippen LogP contribution in [0.2, 0.25) is 5.02 Å². The first-order valence-corrected chi connectivity index (χ1v) is 9.95. The molecule has 0 fully saturated rings. The Balaban J connectivity index is 1.58. The average Bonchev–Trinajstić information content (AvgIpc) is 3.03. The van der Waals surface area contributed by atoms with Crippen LogP contribution in [-0.2, 0) is 4.79 Å². The number of rotatable bonds is 6. The van der Waals surface area contributed by atoms with Crippen LogP contribution in [0.4, 0.5) is 4.39 Å². The Hall–Kier alpha value is -2.84. The van der Waals surface area contributed by atoms with Gasteiger partial charge in [-0.05, 0) is 56.3 Å². The number of halogens is 2. The van der Waals surface area contributed by atoms with E-state index in [1.54, 1.807) is 31.2 Å². The predicted molar refractivity (Wildman–Crippen MR) is 110 cm³/mol. The molecule has 0 spiro atoms. The van der Waals surface area contributed by atoms with Gasteiger partial charge in [0.05, 0.1) is 11.6 Å². The summed E-state index contributed by atoms with van der Waals surface area (Å²) in [6, 6.07) is 10.9. The number of amides is 2. The Morgan fingerprint density at radius 2 is 1.83 bits per heavy atom. The molecule has 29 heavy (non-hydrogen) atoms. The molecule has 0 aliphatic heterocycles. The molecule has 2 aromatic carbocycles. The van der Waals surface area contributed by atoms with E-state index >= 15 is 0 Å². The quantitative estimate of drug-likeness (QED) is 0.564. The van der Waals surface area contributed by atoms with E-state index < -0.39 is 23.7 Å². The first-order valence-electron chi connectivity index (χ1n) is 8.76. The molecule has 6 nitrogen and oxygen atoms in total. The third-order valence-corrected chi connectivity index (χ3v) is 5.57. The van der Waals surface area contributed by atoms with Gasteiger partial charge in [0.2, 0.25) is 0 Å². The van der Waals surface area contributed by atoms with Crippen LogP contribution in [0.1, 0.15) is 23.5 Å². The number of carbonyl (C=O) groups excluding carboxylic acids is 2. The molecule has 3 rings (SSSR count). The monoisotopic (exact) mass is 436 g/mol. The number of carbonyl (C=O) groups is 2. The zero-order chi connectivity index (χ0) is 21.0. The summed E-state index contributed by atoms with van der Waals surface area (Å²) >= 11 is 7.24. The number of ether oxygens (including phenoxy) is 2. The normalized spacial score (nSPS) is 11.7. The molecule has 0 aliphatic rings. The summed E-state index contributed by atoms with van der Waals surface area (Å²) in [6.45, 7) is 3.99. The number of hydrogen-bond acceptors (Lipinski definition) is 5. The number of hydrazine groups is 1. The smallest absolute Gasteiger partial charge is 0.281 e. The fourth-order valence-corrected chi connectivity index (χ4v) is 3.94. The molecule has 2 amide bonds. The van der Waals surface area contributed by atoms with Gasteiger partial charge in [0.1, 0.15) is 22.2 Å². The molecular weight excluding hydrogens is 419 g/mol. The van der Waals surface area contributed by atoms with Crippen LogP contribution in [0.15, 0.2) is 42.5 Å². The minimum atomic E-state index is -0.861. The Labute approximate surface area is 175 Å². The Morgan fingerprint density at radius 3 is 2.52 bits per heavy atom. The van der Waals surface area contributed by atoms with Crippen molar-refractivity contribution in [3.63, 3.8) is 0 Å². The molecule has 9 heteroatoms. The number of benzene rings is 2. The van der Waals surface area contributed by atoms with Gasteiger partial charge in [-0.25, -0.2) is 4.39 Å². The highest BCUT2D eigenvalue weighted by Crippen LogP contribution is 2.35. The van der Waals surface area contributed by atoms with Crippen molar-refractivity contribution in [3.8, 4) is 11.5 Å². The number of thiophene rings is 1. The van der Waals surface area contributed by atoms with E-state index in [-0.39, 0.29) is 9.90 Å². The van der Waals surface area contributed by atoms with Crippen LogP contribution < -0.4 is 20.3 Å². The third kappa shape index (κ3) is 4.96. The maximum Gasteiger partial charge on any atom is 0.281 e. The highest BCUT2D eigenvalue weighted by atomic mass is 35.5. The van der Waals surface area contributed by atoms with Crippen molar-refractivity contribution in [2.45, 2.75) is 20.0 Å². The molecule has 1 heterocycles. The minimum Gasteiger partial charge on any atom is -0.494 e. The summed E-state index contributed by atoms with van der Waals surface area (Å²) in [7, 11) is 0. The van der Waals surface area contributed by atoms with Crippen molar-refractivity contribution >= 4 is 44.8 Å². The van der Waals surface area contributed by atoms with Gasteiger partial charge < -0.3 is 9.47 Å². The van der Waals surface area contributed by atoms with Crippen LogP contribution in [0.3, 0.4) is 0 Å². The molecule has 2 N–H and O–H groups in total. The molecule has 3 aromatic rings. The topological polar surface area (TPSA) is 76.7 Å². The van der Waals surface area contributed by atoms with E-state index in [1.165, 1.54) is 18.2 Å². The van der Waals surface area contributed by atoms with Gasteiger partial charge in [0.15, 0.2) is 6.10 Å². The van der Waals surface area contributed by atoms with Gasteiger partial charge in [-0.3, -0.25) is 20.4 Å². The summed E-state index contributed by atoms with van der Waals surface area (Å²) in [5, 5.41) is 0.775. The van der Waals surface area contributed by atoms with Gasteiger partial charge in [0, 0.05) is 10.1 Å². The van der Waals surface area contributed by atoms with Crippen molar-refractivity contribution in [1.82, 2.24) is 10.9 Å². The molecule has 0 radical (unpaired) electrons. The van der Waals surface area contributed by atoms with E-state index in [1.807, 2.05) is 6.92 Å². The SMILES string of the molecule is CCOc1ccc(OC(C)C(=O)NNC(=O)c2sc3cc(F)ccc3c2Cl)cc1. The molecule has 0 bridgehead atoms. The summed E-state index contributed by atoms with van der Waals surface area (Å²) in [5.74, 6) is -0.383.